The van der Waals surface area contributed by atoms with Crippen LogP contribution >= 0.6 is 11.6 Å². The van der Waals surface area contributed by atoms with Crippen molar-refractivity contribution in [3.05, 3.63) is 11.3 Å². The van der Waals surface area contributed by atoms with Gasteiger partial charge < -0.3 is 15.6 Å². The van der Waals surface area contributed by atoms with E-state index in [1.807, 2.05) is 0 Å². The Labute approximate surface area is 81.3 Å². The molecule has 0 saturated carbocycles. The van der Waals surface area contributed by atoms with Gasteiger partial charge in [0.25, 0.3) is 0 Å². The van der Waals surface area contributed by atoms with Crippen molar-refractivity contribution in [3.8, 4) is 12.3 Å². The van der Waals surface area contributed by atoms with Crippen LogP contribution in [0.1, 0.15) is 13.3 Å². The molecule has 5 heteroatoms. The molecule has 72 valence electrons. The maximum atomic E-state index is 10.2. The van der Waals surface area contributed by atoms with E-state index in [1.54, 1.807) is 6.92 Å². The van der Waals surface area contributed by atoms with E-state index in [0.717, 1.165) is 6.08 Å². The summed E-state index contributed by atoms with van der Waals surface area (Å²) in [4.78, 5) is 10.2. The van der Waals surface area contributed by atoms with Gasteiger partial charge in [-0.05, 0) is 18.0 Å². The van der Waals surface area contributed by atoms with Crippen molar-refractivity contribution in [2.24, 2.45) is 5.73 Å². The summed E-state index contributed by atoms with van der Waals surface area (Å²) in [5, 5.41) is 9.14. The SMILES string of the molecule is C#CC(O)(/C=C(\Cl)OC(N)=O)CC. The molecule has 0 aliphatic heterocycles. The molecule has 4 nitrogen and oxygen atoms in total. The van der Waals surface area contributed by atoms with Crippen LogP contribution in [0.2, 0.25) is 0 Å². The lowest BCUT2D eigenvalue weighted by Gasteiger charge is -2.14. The van der Waals surface area contributed by atoms with Gasteiger partial charge in [-0.3, -0.25) is 0 Å². The normalized spacial score (nSPS) is 15.7. The molecule has 0 spiro atoms. The average Bonchev–Trinajstić information content (AvgIpc) is 2.02. The van der Waals surface area contributed by atoms with Crippen molar-refractivity contribution >= 4 is 17.7 Å². The standard InChI is InChI=1S/C8H10ClNO3/c1-3-8(12,4-2)5-6(9)13-7(10)11/h1,5,12H,4H2,2H3,(H2,10,11)/b6-5+. The zero-order chi connectivity index (χ0) is 10.5. The van der Waals surface area contributed by atoms with Gasteiger partial charge in [0.1, 0.15) is 5.60 Å². The monoisotopic (exact) mass is 203 g/mol. The van der Waals surface area contributed by atoms with Crippen LogP contribution in [-0.2, 0) is 4.74 Å². The highest BCUT2D eigenvalue weighted by Gasteiger charge is 2.19. The molecule has 1 amide bonds. The maximum absolute atomic E-state index is 10.2. The van der Waals surface area contributed by atoms with Gasteiger partial charge in [-0.15, -0.1) is 6.42 Å². The number of carbonyl (C=O) groups is 1. The van der Waals surface area contributed by atoms with Gasteiger partial charge in [-0.2, -0.15) is 0 Å². The number of carbonyl (C=O) groups excluding carboxylic acids is 1. The lowest BCUT2D eigenvalue weighted by Crippen LogP contribution is -2.23. The summed E-state index contributed by atoms with van der Waals surface area (Å²) in [5.74, 6) is 2.09. The molecule has 0 bridgehead atoms. The van der Waals surface area contributed by atoms with Crippen LogP contribution in [-0.4, -0.2) is 16.8 Å². The highest BCUT2D eigenvalue weighted by atomic mass is 35.5. The molecule has 13 heavy (non-hydrogen) atoms. The molecule has 1 unspecified atom stereocenters. The molecule has 0 aromatic carbocycles. The Morgan fingerprint density at radius 2 is 2.46 bits per heavy atom. The highest BCUT2D eigenvalue weighted by Crippen LogP contribution is 2.16. The number of hydrogen-bond donors (Lipinski definition) is 2. The van der Waals surface area contributed by atoms with Crippen molar-refractivity contribution in [2.75, 3.05) is 0 Å². The number of rotatable bonds is 3. The third-order valence-electron chi connectivity index (χ3n) is 1.34. The first kappa shape index (κ1) is 11.8. The Morgan fingerprint density at radius 3 is 2.77 bits per heavy atom. The maximum Gasteiger partial charge on any atom is 0.410 e. The molecular weight excluding hydrogens is 194 g/mol. The predicted octanol–water partition coefficient (Wildman–Crippen LogP) is 0.936. The summed E-state index contributed by atoms with van der Waals surface area (Å²) in [5.41, 5.74) is 3.17. The third kappa shape index (κ3) is 4.41. The molecule has 1 atom stereocenters. The van der Waals surface area contributed by atoms with E-state index < -0.39 is 11.7 Å². The number of ether oxygens (including phenoxy) is 1. The van der Waals surface area contributed by atoms with Crippen LogP contribution in [0.3, 0.4) is 0 Å². The number of terminal acetylenes is 1. The molecule has 3 N–H and O–H groups in total. The molecule has 0 aliphatic carbocycles. The summed E-state index contributed by atoms with van der Waals surface area (Å²) in [6.45, 7) is 1.66. The van der Waals surface area contributed by atoms with Crippen LogP contribution in [0.4, 0.5) is 4.79 Å². The van der Waals surface area contributed by atoms with Crippen molar-refractivity contribution in [1.82, 2.24) is 0 Å². The topological polar surface area (TPSA) is 72.6 Å². The largest absolute Gasteiger partial charge is 0.410 e. The fourth-order valence-electron chi connectivity index (χ4n) is 0.559. The summed E-state index contributed by atoms with van der Waals surface area (Å²) < 4.78 is 4.26. The summed E-state index contributed by atoms with van der Waals surface area (Å²) in [6, 6.07) is 0. The Morgan fingerprint density at radius 1 is 1.92 bits per heavy atom. The second kappa shape index (κ2) is 4.75. The van der Waals surface area contributed by atoms with Gasteiger partial charge >= 0.3 is 6.09 Å². The van der Waals surface area contributed by atoms with E-state index >= 15 is 0 Å². The van der Waals surface area contributed by atoms with Gasteiger partial charge in [0.2, 0.25) is 0 Å². The molecule has 0 saturated heterocycles. The van der Waals surface area contributed by atoms with Crippen molar-refractivity contribution in [3.63, 3.8) is 0 Å². The number of aliphatic hydroxyl groups is 1. The Bertz CT molecular complexity index is 269. The van der Waals surface area contributed by atoms with E-state index in [4.69, 9.17) is 18.0 Å². The zero-order valence-electron chi connectivity index (χ0n) is 7.08. The first-order valence-corrected chi connectivity index (χ1v) is 3.87. The quantitative estimate of drug-likeness (QED) is 0.530. The molecule has 0 rings (SSSR count). The number of amides is 1. The lowest BCUT2D eigenvalue weighted by molar-refractivity contribution is 0.143. The van der Waals surface area contributed by atoms with Gasteiger partial charge in [-0.1, -0.05) is 12.8 Å². The molecule has 0 fully saturated rings. The second-order valence-corrected chi connectivity index (χ2v) is 2.66. The number of hydrogen-bond acceptors (Lipinski definition) is 3. The summed E-state index contributed by atoms with van der Waals surface area (Å²) in [6.07, 6.45) is 5.26. The first-order valence-electron chi connectivity index (χ1n) is 3.49. The van der Waals surface area contributed by atoms with E-state index in [-0.39, 0.29) is 11.6 Å². The Balaban J connectivity index is 4.54. The van der Waals surface area contributed by atoms with Crippen LogP contribution in [0.15, 0.2) is 11.3 Å². The van der Waals surface area contributed by atoms with Crippen LogP contribution in [0.5, 0.6) is 0 Å². The molecule has 0 aliphatic rings. The van der Waals surface area contributed by atoms with Crippen LogP contribution in [0.25, 0.3) is 0 Å². The minimum Gasteiger partial charge on any atom is -0.398 e. The van der Waals surface area contributed by atoms with E-state index in [9.17, 15) is 9.90 Å². The molecule has 0 aromatic rings. The molecule has 0 aromatic heterocycles. The van der Waals surface area contributed by atoms with Crippen molar-refractivity contribution in [2.45, 2.75) is 18.9 Å². The average molecular weight is 204 g/mol. The van der Waals surface area contributed by atoms with Gasteiger partial charge in [0.15, 0.2) is 5.22 Å². The fraction of sp³-hybridized carbons (Fsp3) is 0.375. The number of nitrogens with two attached hydrogens (primary N) is 1. The first-order chi connectivity index (χ1) is 5.93. The van der Waals surface area contributed by atoms with Gasteiger partial charge in [0, 0.05) is 6.08 Å². The number of primary amides is 1. The highest BCUT2D eigenvalue weighted by molar-refractivity contribution is 6.29. The third-order valence-corrected chi connectivity index (χ3v) is 1.53. The Hall–Kier alpha value is -1.18. The van der Waals surface area contributed by atoms with Crippen LogP contribution in [0, 0.1) is 12.3 Å². The molecular formula is C8H10ClNO3. The van der Waals surface area contributed by atoms with Crippen LogP contribution < -0.4 is 5.73 Å². The van der Waals surface area contributed by atoms with Crippen molar-refractivity contribution in [1.29, 1.82) is 0 Å². The summed E-state index contributed by atoms with van der Waals surface area (Å²) >= 11 is 5.40. The van der Waals surface area contributed by atoms with E-state index in [2.05, 4.69) is 16.4 Å². The molecule has 0 heterocycles. The predicted molar refractivity (Wildman–Crippen MR) is 48.7 cm³/mol. The number of halogens is 1. The minimum atomic E-state index is -1.51. The Kier molecular flexibility index (Phi) is 4.32. The van der Waals surface area contributed by atoms with Gasteiger partial charge in [0.05, 0.1) is 0 Å². The molecule has 0 radical (unpaired) electrons. The van der Waals surface area contributed by atoms with E-state index in [0.29, 0.717) is 0 Å². The second-order valence-electron chi connectivity index (χ2n) is 2.29. The van der Waals surface area contributed by atoms with E-state index in [1.165, 1.54) is 0 Å². The van der Waals surface area contributed by atoms with Crippen molar-refractivity contribution < 1.29 is 14.6 Å². The summed E-state index contributed by atoms with van der Waals surface area (Å²) in [7, 11) is 0. The lowest BCUT2D eigenvalue weighted by atomic mass is 10.0. The van der Waals surface area contributed by atoms with Gasteiger partial charge in [-0.25, -0.2) is 4.79 Å². The minimum absolute atomic E-state index is 0.252. The zero-order valence-corrected chi connectivity index (χ0v) is 7.84. The smallest absolute Gasteiger partial charge is 0.398 e. The fourth-order valence-corrected chi connectivity index (χ4v) is 0.816.